The van der Waals surface area contributed by atoms with Crippen LogP contribution in [0.1, 0.15) is 40.5 Å². The predicted molar refractivity (Wildman–Crippen MR) is 66.7 cm³/mol. The van der Waals surface area contributed by atoms with Crippen molar-refractivity contribution in [3.8, 4) is 0 Å². The van der Waals surface area contributed by atoms with E-state index in [0.717, 1.165) is 0 Å². The lowest BCUT2D eigenvalue weighted by Crippen LogP contribution is -2.48. The summed E-state index contributed by atoms with van der Waals surface area (Å²) in [5.41, 5.74) is 0. The van der Waals surface area contributed by atoms with Gasteiger partial charge in [-0.05, 0) is 27.2 Å². The number of hydrogen-bond donors (Lipinski definition) is 1. The molecule has 19 heavy (non-hydrogen) atoms. The summed E-state index contributed by atoms with van der Waals surface area (Å²) in [4.78, 5) is 11.2. The minimum absolute atomic E-state index is 0.0752. The second kappa shape index (κ2) is 7.23. The largest absolute Gasteiger partial charge is 0.466 e. The van der Waals surface area contributed by atoms with Crippen molar-refractivity contribution in [2.24, 2.45) is 0 Å². The third kappa shape index (κ3) is 7.51. The number of ether oxygens (including phenoxy) is 1. The number of hydrogen-bond acceptors (Lipinski definition) is 3. The van der Waals surface area contributed by atoms with E-state index in [4.69, 9.17) is 0 Å². The van der Waals surface area contributed by atoms with Gasteiger partial charge in [0, 0.05) is 0 Å². The van der Waals surface area contributed by atoms with Crippen LogP contribution < -0.4 is 4.72 Å². The molecule has 0 spiro atoms. The van der Waals surface area contributed by atoms with Crippen molar-refractivity contribution < 1.29 is 26.9 Å². The summed E-state index contributed by atoms with van der Waals surface area (Å²) in [7, 11) is -1.91. The summed E-state index contributed by atoms with van der Waals surface area (Å²) in [6.45, 7) is 6.43. The minimum atomic E-state index is -4.66. The molecule has 0 heterocycles. The molecule has 0 bridgehead atoms. The molecule has 1 N–H and O–H groups in total. The Morgan fingerprint density at radius 1 is 1.32 bits per heavy atom. The van der Waals surface area contributed by atoms with E-state index in [9.17, 15) is 22.2 Å². The number of carbonyl (C=O) groups is 1. The first-order chi connectivity index (χ1) is 8.48. The highest BCUT2D eigenvalue weighted by Gasteiger charge is 2.43. The van der Waals surface area contributed by atoms with Crippen LogP contribution >= 0.6 is 0 Å². The monoisotopic (exact) mass is 303 g/mol. The number of carbonyl (C=O) groups excluding carboxylic acids is 1. The van der Waals surface area contributed by atoms with Crippen molar-refractivity contribution >= 4 is 17.0 Å². The quantitative estimate of drug-likeness (QED) is 0.766. The lowest BCUT2D eigenvalue weighted by atomic mass is 10.2. The van der Waals surface area contributed by atoms with Gasteiger partial charge in [0.2, 0.25) is 0 Å². The van der Waals surface area contributed by atoms with E-state index in [-0.39, 0.29) is 6.61 Å². The van der Waals surface area contributed by atoms with Crippen LogP contribution in [0.15, 0.2) is 0 Å². The number of nitrogens with one attached hydrogen (secondary N) is 1. The zero-order valence-corrected chi connectivity index (χ0v) is 12.3. The second-order valence-corrected chi connectivity index (χ2v) is 7.02. The van der Waals surface area contributed by atoms with Gasteiger partial charge < -0.3 is 4.74 Å². The van der Waals surface area contributed by atoms with Gasteiger partial charge in [0.25, 0.3) is 0 Å². The molecule has 0 aliphatic heterocycles. The molecule has 0 saturated carbocycles. The molecule has 0 aromatic heterocycles. The average molecular weight is 303 g/mol. The Morgan fingerprint density at radius 3 is 2.21 bits per heavy atom. The molecule has 0 aromatic rings. The molecule has 8 heteroatoms. The molecule has 0 amide bonds. The van der Waals surface area contributed by atoms with E-state index in [1.807, 2.05) is 4.72 Å². The molecule has 2 atom stereocenters. The number of esters is 1. The van der Waals surface area contributed by atoms with Gasteiger partial charge >= 0.3 is 12.1 Å². The molecule has 0 aliphatic rings. The van der Waals surface area contributed by atoms with Gasteiger partial charge in [-0.2, -0.15) is 13.2 Å². The van der Waals surface area contributed by atoms with Crippen LogP contribution in [0.25, 0.3) is 0 Å². The number of rotatable bonds is 6. The molecule has 4 nitrogen and oxygen atoms in total. The van der Waals surface area contributed by atoms with Crippen molar-refractivity contribution in [1.82, 2.24) is 4.72 Å². The first-order valence-electron chi connectivity index (χ1n) is 5.89. The molecule has 0 rings (SSSR count). The van der Waals surface area contributed by atoms with Crippen LogP contribution in [0.5, 0.6) is 0 Å². The molecule has 114 valence electrons. The summed E-state index contributed by atoms with van der Waals surface area (Å²) < 4.78 is 55.6. The first kappa shape index (κ1) is 18.4. The minimum Gasteiger partial charge on any atom is -0.466 e. The molecular weight excluding hydrogens is 283 g/mol. The Bertz CT molecular complexity index is 326. The van der Waals surface area contributed by atoms with Crippen molar-refractivity contribution in [2.45, 2.75) is 57.5 Å². The van der Waals surface area contributed by atoms with Crippen LogP contribution in [0.2, 0.25) is 0 Å². The van der Waals surface area contributed by atoms with Crippen LogP contribution in [0, 0.1) is 0 Å². The van der Waals surface area contributed by atoms with Gasteiger partial charge in [-0.1, -0.05) is 6.92 Å². The number of halogens is 3. The maximum absolute atomic E-state index is 12.7. The van der Waals surface area contributed by atoms with Gasteiger partial charge in [0.15, 0.2) is 0 Å². The maximum atomic E-state index is 12.7. The third-order valence-electron chi connectivity index (χ3n) is 2.04. The smallest absolute Gasteiger partial charge is 0.405 e. The van der Waals surface area contributed by atoms with E-state index in [1.54, 1.807) is 27.7 Å². The zero-order valence-electron chi connectivity index (χ0n) is 11.5. The molecule has 1 unspecified atom stereocenters. The van der Waals surface area contributed by atoms with Gasteiger partial charge in [-0.3, -0.25) is 4.79 Å². The Kier molecular flexibility index (Phi) is 6.99. The average Bonchev–Trinajstić information content (AvgIpc) is 2.22. The highest BCUT2D eigenvalue weighted by atomic mass is 32.2. The summed E-state index contributed by atoms with van der Waals surface area (Å²) in [6, 6.07) is -2.17. The van der Waals surface area contributed by atoms with Crippen LogP contribution in [0.3, 0.4) is 0 Å². The number of alkyl halides is 3. The van der Waals surface area contributed by atoms with E-state index in [1.165, 1.54) is 0 Å². The lowest BCUT2D eigenvalue weighted by molar-refractivity contribution is -0.166. The van der Waals surface area contributed by atoms with E-state index in [2.05, 4.69) is 4.74 Å². The maximum Gasteiger partial charge on any atom is 0.405 e. The second-order valence-electron chi connectivity index (χ2n) is 5.02. The highest BCUT2D eigenvalue weighted by Crippen LogP contribution is 2.24. The van der Waals surface area contributed by atoms with Gasteiger partial charge in [-0.15, -0.1) is 0 Å². The highest BCUT2D eigenvalue weighted by molar-refractivity contribution is 7.84. The summed E-state index contributed by atoms with van der Waals surface area (Å²) in [5, 5.41) is 0. The van der Waals surface area contributed by atoms with Gasteiger partial charge in [0.1, 0.15) is 6.04 Å². The Labute approximate surface area is 113 Å². The van der Waals surface area contributed by atoms with E-state index < -0.39 is 40.3 Å². The topological polar surface area (TPSA) is 55.4 Å². The van der Waals surface area contributed by atoms with Crippen molar-refractivity contribution in [1.29, 1.82) is 0 Å². The summed E-state index contributed by atoms with van der Waals surface area (Å²) in [6.07, 6.45) is -5.01. The normalized spacial score (nSPS) is 15.9. The fourth-order valence-corrected chi connectivity index (χ4v) is 1.80. The van der Waals surface area contributed by atoms with Crippen LogP contribution in [0.4, 0.5) is 13.2 Å². The fraction of sp³-hybridized carbons (Fsp3) is 0.909. The Balaban J connectivity index is 4.67. The molecule has 0 fully saturated rings. The lowest BCUT2D eigenvalue weighted by Gasteiger charge is -2.25. The first-order valence-corrected chi connectivity index (χ1v) is 7.03. The van der Waals surface area contributed by atoms with Crippen LogP contribution in [-0.2, 0) is 20.5 Å². The molecule has 0 aromatic carbocycles. The molecule has 0 saturated heterocycles. The molecule has 0 aliphatic carbocycles. The zero-order chi connectivity index (χ0) is 15.3. The summed E-state index contributed by atoms with van der Waals surface area (Å²) >= 11 is 0. The molecule has 0 radical (unpaired) electrons. The van der Waals surface area contributed by atoms with Gasteiger partial charge in [-0.25, -0.2) is 8.93 Å². The van der Waals surface area contributed by atoms with E-state index in [0.29, 0.717) is 6.42 Å². The van der Waals surface area contributed by atoms with Crippen molar-refractivity contribution in [3.05, 3.63) is 0 Å². The molecular formula is C11H20F3NO3S. The predicted octanol–water partition coefficient (Wildman–Crippen LogP) is 2.31. The van der Waals surface area contributed by atoms with Crippen LogP contribution in [-0.4, -0.2) is 33.8 Å². The summed E-state index contributed by atoms with van der Waals surface area (Å²) in [5.74, 6) is -0.956. The third-order valence-corrected chi connectivity index (χ3v) is 3.65. The van der Waals surface area contributed by atoms with E-state index >= 15 is 0 Å². The Hall–Kier alpha value is -0.630. The standard InChI is InChI=1S/C11H20F3NO3S/c1-5-6-18-9(16)7-8(11(12,13)14)15-19(17)10(2,3)4/h8,15H,5-7H2,1-4H3/t8-,19?/m0/s1. The Morgan fingerprint density at radius 2 is 1.84 bits per heavy atom. The van der Waals surface area contributed by atoms with Crippen molar-refractivity contribution in [2.75, 3.05) is 6.61 Å². The van der Waals surface area contributed by atoms with Gasteiger partial charge in [0.05, 0.1) is 28.8 Å². The fourth-order valence-electron chi connectivity index (χ4n) is 0.972. The SMILES string of the molecule is CCCOC(=O)C[C@H](NS(=O)C(C)(C)C)C(F)(F)F. The van der Waals surface area contributed by atoms with Crippen molar-refractivity contribution in [3.63, 3.8) is 0 Å².